The molecule has 33 heavy (non-hydrogen) atoms. The van der Waals surface area contributed by atoms with Gasteiger partial charge in [0.1, 0.15) is 6.10 Å². The fourth-order valence-electron chi connectivity index (χ4n) is 8.64. The molecule has 0 radical (unpaired) electrons. The highest BCUT2D eigenvalue weighted by atomic mass is 16.5. The van der Waals surface area contributed by atoms with Gasteiger partial charge in [-0.25, -0.2) is 0 Å². The smallest absolute Gasteiger partial charge is 0.306 e. The van der Waals surface area contributed by atoms with Gasteiger partial charge in [0.2, 0.25) is 0 Å². The molecule has 0 aromatic carbocycles. The molecule has 0 spiro atoms. The van der Waals surface area contributed by atoms with Crippen molar-refractivity contribution in [2.24, 2.45) is 28.6 Å². The molecule has 188 valence electrons. The van der Waals surface area contributed by atoms with E-state index >= 15 is 0 Å². The second-order valence-corrected chi connectivity index (χ2v) is 12.6. The molecule has 0 N–H and O–H groups in total. The lowest BCUT2D eigenvalue weighted by molar-refractivity contribution is -0.159. The first-order chi connectivity index (χ1) is 16.0. The number of hydrogen-bond acceptors (Lipinski definition) is 2. The van der Waals surface area contributed by atoms with Crippen LogP contribution in [0.3, 0.4) is 0 Å². The Morgan fingerprint density at radius 3 is 2.39 bits per heavy atom. The Labute approximate surface area is 204 Å². The molecule has 0 heterocycles. The molecule has 2 nitrogen and oxygen atoms in total. The Hall–Kier alpha value is -0.790. The maximum Gasteiger partial charge on any atom is 0.306 e. The standard InChI is InChI=1S/C31H52O2/c1-4-5-6-7-8-9-10-11-12-16-29(32)33-28-20-19-26-25-18-17-24-15-13-14-22-30(24,2)27(25)21-23-31(26,28)3/h17,25-28H,4-16,18-23H2,1-3H3/t25-,26-,27-,28?,30-,31-/m0/s1. The monoisotopic (exact) mass is 456 g/mol. The minimum atomic E-state index is 0.0806. The summed E-state index contributed by atoms with van der Waals surface area (Å²) in [5.74, 6) is 2.51. The van der Waals surface area contributed by atoms with E-state index in [1.165, 1.54) is 103 Å². The minimum Gasteiger partial charge on any atom is -0.462 e. The molecule has 3 saturated carbocycles. The molecule has 1 unspecified atom stereocenters. The molecular weight excluding hydrogens is 404 g/mol. The van der Waals surface area contributed by atoms with E-state index in [1.807, 2.05) is 0 Å². The van der Waals surface area contributed by atoms with Crippen LogP contribution in [0.2, 0.25) is 0 Å². The number of fused-ring (bicyclic) bond motifs is 5. The van der Waals surface area contributed by atoms with Gasteiger partial charge >= 0.3 is 5.97 Å². The highest BCUT2D eigenvalue weighted by Crippen LogP contribution is 2.65. The number of esters is 1. The maximum atomic E-state index is 12.7. The molecule has 2 heteroatoms. The number of rotatable bonds is 11. The Kier molecular flexibility index (Phi) is 8.66. The third-order valence-electron chi connectivity index (χ3n) is 10.7. The lowest BCUT2D eigenvalue weighted by Crippen LogP contribution is -2.50. The molecule has 0 saturated heterocycles. The number of unbranched alkanes of at least 4 members (excludes halogenated alkanes) is 8. The molecule has 3 fully saturated rings. The number of hydrogen-bond donors (Lipinski definition) is 0. The van der Waals surface area contributed by atoms with Crippen LogP contribution in [0.1, 0.15) is 143 Å². The Morgan fingerprint density at radius 2 is 1.64 bits per heavy atom. The van der Waals surface area contributed by atoms with Gasteiger partial charge in [-0.15, -0.1) is 0 Å². The Bertz CT molecular complexity index is 680. The van der Waals surface area contributed by atoms with E-state index in [2.05, 4.69) is 26.8 Å². The van der Waals surface area contributed by atoms with E-state index in [0.29, 0.717) is 11.8 Å². The summed E-state index contributed by atoms with van der Waals surface area (Å²) in [5, 5.41) is 0. The predicted octanol–water partition coefficient (Wildman–Crippen LogP) is 9.17. The topological polar surface area (TPSA) is 26.3 Å². The van der Waals surface area contributed by atoms with Gasteiger partial charge in [-0.3, -0.25) is 4.79 Å². The fraction of sp³-hybridized carbons (Fsp3) is 0.903. The van der Waals surface area contributed by atoms with Gasteiger partial charge < -0.3 is 4.74 Å². The molecule has 0 amide bonds. The van der Waals surface area contributed by atoms with Crippen molar-refractivity contribution < 1.29 is 9.53 Å². The van der Waals surface area contributed by atoms with E-state index in [4.69, 9.17) is 4.74 Å². The van der Waals surface area contributed by atoms with Gasteiger partial charge in [0.05, 0.1) is 0 Å². The van der Waals surface area contributed by atoms with Crippen LogP contribution in [0.4, 0.5) is 0 Å². The summed E-state index contributed by atoms with van der Waals surface area (Å²) in [4.78, 5) is 12.7. The highest BCUT2D eigenvalue weighted by molar-refractivity contribution is 5.69. The third-order valence-corrected chi connectivity index (χ3v) is 10.7. The number of carbonyl (C=O) groups is 1. The summed E-state index contributed by atoms with van der Waals surface area (Å²) in [5.41, 5.74) is 2.47. The summed E-state index contributed by atoms with van der Waals surface area (Å²) in [6.07, 6.45) is 26.9. The van der Waals surface area contributed by atoms with Gasteiger partial charge in [0.25, 0.3) is 0 Å². The number of carbonyl (C=O) groups excluding carboxylic acids is 1. The second kappa shape index (κ2) is 11.3. The highest BCUT2D eigenvalue weighted by Gasteiger charge is 2.59. The average molecular weight is 457 g/mol. The van der Waals surface area contributed by atoms with Gasteiger partial charge in [0, 0.05) is 11.8 Å². The zero-order valence-electron chi connectivity index (χ0n) is 22.1. The number of ether oxygens (including phenoxy) is 1. The molecule has 0 bridgehead atoms. The fourth-order valence-corrected chi connectivity index (χ4v) is 8.64. The van der Waals surface area contributed by atoms with Crippen molar-refractivity contribution in [3.8, 4) is 0 Å². The average Bonchev–Trinajstić information content (AvgIpc) is 3.13. The molecule has 0 aliphatic heterocycles. The van der Waals surface area contributed by atoms with Crippen LogP contribution in [-0.2, 0) is 9.53 Å². The SMILES string of the molecule is CCCCCCCCCCCC(=O)OC1CC[C@H]2[C@@H]3CC=C4CCCC[C@]4(C)[C@H]3CC[C@]12C. The van der Waals surface area contributed by atoms with Crippen LogP contribution in [0.25, 0.3) is 0 Å². The summed E-state index contributed by atoms with van der Waals surface area (Å²) < 4.78 is 6.21. The van der Waals surface area contributed by atoms with Crippen LogP contribution in [-0.4, -0.2) is 12.1 Å². The molecule has 0 aromatic rings. The van der Waals surface area contributed by atoms with Crippen LogP contribution < -0.4 is 0 Å². The van der Waals surface area contributed by atoms with Crippen LogP contribution in [0.15, 0.2) is 11.6 Å². The van der Waals surface area contributed by atoms with Crippen molar-refractivity contribution >= 4 is 5.97 Å². The van der Waals surface area contributed by atoms with E-state index in [1.54, 1.807) is 5.57 Å². The lowest BCUT2D eigenvalue weighted by atomic mass is 9.48. The molecule has 4 aliphatic carbocycles. The predicted molar refractivity (Wildman–Crippen MR) is 138 cm³/mol. The zero-order chi connectivity index (χ0) is 23.3. The molecule has 4 aliphatic rings. The summed E-state index contributed by atoms with van der Waals surface area (Å²) in [6.45, 7) is 7.34. The van der Waals surface area contributed by atoms with Gasteiger partial charge in [-0.2, -0.15) is 0 Å². The first kappa shape index (κ1) is 25.3. The van der Waals surface area contributed by atoms with E-state index in [0.717, 1.165) is 30.6 Å². The van der Waals surface area contributed by atoms with Gasteiger partial charge in [-0.1, -0.05) is 90.2 Å². The van der Waals surface area contributed by atoms with Crippen molar-refractivity contribution in [3.63, 3.8) is 0 Å². The van der Waals surface area contributed by atoms with Crippen molar-refractivity contribution in [1.82, 2.24) is 0 Å². The van der Waals surface area contributed by atoms with E-state index in [9.17, 15) is 4.79 Å². The maximum absolute atomic E-state index is 12.7. The normalized spacial score (nSPS) is 37.6. The van der Waals surface area contributed by atoms with Crippen LogP contribution >= 0.6 is 0 Å². The summed E-state index contributed by atoms with van der Waals surface area (Å²) >= 11 is 0. The van der Waals surface area contributed by atoms with Crippen LogP contribution in [0, 0.1) is 28.6 Å². The van der Waals surface area contributed by atoms with E-state index < -0.39 is 0 Å². The van der Waals surface area contributed by atoms with Gasteiger partial charge in [-0.05, 0) is 81.0 Å². The third kappa shape index (κ3) is 5.40. The van der Waals surface area contributed by atoms with E-state index in [-0.39, 0.29) is 17.5 Å². The molecular formula is C31H52O2. The molecule has 4 rings (SSSR count). The zero-order valence-corrected chi connectivity index (χ0v) is 22.1. The number of allylic oxidation sites excluding steroid dienone is 2. The first-order valence-electron chi connectivity index (χ1n) is 14.9. The first-order valence-corrected chi connectivity index (χ1v) is 14.9. The summed E-state index contributed by atoms with van der Waals surface area (Å²) in [6, 6.07) is 0. The Morgan fingerprint density at radius 1 is 0.909 bits per heavy atom. The molecule has 0 aromatic heterocycles. The quantitative estimate of drug-likeness (QED) is 0.176. The molecule has 6 atom stereocenters. The van der Waals surface area contributed by atoms with Crippen molar-refractivity contribution in [3.05, 3.63) is 11.6 Å². The summed E-state index contributed by atoms with van der Waals surface area (Å²) in [7, 11) is 0. The lowest BCUT2D eigenvalue weighted by Gasteiger charge is -2.57. The Balaban J connectivity index is 1.22. The van der Waals surface area contributed by atoms with Crippen molar-refractivity contribution in [1.29, 1.82) is 0 Å². The second-order valence-electron chi connectivity index (χ2n) is 12.6. The largest absolute Gasteiger partial charge is 0.462 e. The van der Waals surface area contributed by atoms with Crippen molar-refractivity contribution in [2.75, 3.05) is 0 Å². The van der Waals surface area contributed by atoms with Crippen molar-refractivity contribution in [2.45, 2.75) is 149 Å². The minimum absolute atomic E-state index is 0.0806. The van der Waals surface area contributed by atoms with Crippen LogP contribution in [0.5, 0.6) is 0 Å². The van der Waals surface area contributed by atoms with Gasteiger partial charge in [0.15, 0.2) is 0 Å².